The van der Waals surface area contributed by atoms with E-state index < -0.39 is 23.8 Å². The van der Waals surface area contributed by atoms with E-state index >= 15 is 0 Å². The number of carboxylic acid groups (broad SMARTS) is 1. The predicted octanol–water partition coefficient (Wildman–Crippen LogP) is 3.80. The van der Waals surface area contributed by atoms with E-state index in [-0.39, 0.29) is 22.9 Å². The minimum absolute atomic E-state index is 0.0571. The van der Waals surface area contributed by atoms with Gasteiger partial charge in [0.1, 0.15) is 5.57 Å². The van der Waals surface area contributed by atoms with Gasteiger partial charge in [0.15, 0.2) is 5.11 Å². The first-order valence-electron chi connectivity index (χ1n) is 11.3. The van der Waals surface area contributed by atoms with Gasteiger partial charge in [-0.3, -0.25) is 19.8 Å². The van der Waals surface area contributed by atoms with Gasteiger partial charge >= 0.3 is 11.9 Å². The van der Waals surface area contributed by atoms with Gasteiger partial charge in [-0.2, -0.15) is 0 Å². The van der Waals surface area contributed by atoms with E-state index in [1.54, 1.807) is 31.2 Å². The summed E-state index contributed by atoms with van der Waals surface area (Å²) in [7, 11) is 0. The number of carboxylic acids is 1. The Bertz CT molecular complexity index is 1470. The van der Waals surface area contributed by atoms with Crippen LogP contribution < -0.4 is 10.2 Å². The number of hydrogen-bond donors (Lipinski definition) is 2. The van der Waals surface area contributed by atoms with Crippen LogP contribution in [0.1, 0.15) is 44.6 Å². The van der Waals surface area contributed by atoms with Crippen molar-refractivity contribution in [3.63, 3.8) is 0 Å². The van der Waals surface area contributed by atoms with E-state index in [9.17, 15) is 19.2 Å². The molecule has 9 nitrogen and oxygen atoms in total. The molecule has 0 radical (unpaired) electrons. The van der Waals surface area contributed by atoms with Gasteiger partial charge in [-0.05, 0) is 99.2 Å². The van der Waals surface area contributed by atoms with Crippen molar-refractivity contribution < 1.29 is 29.0 Å². The molecular formula is C27H23N3O6S. The summed E-state index contributed by atoms with van der Waals surface area (Å²) in [4.78, 5) is 50.3. The molecule has 1 fully saturated rings. The highest BCUT2D eigenvalue weighted by molar-refractivity contribution is 7.80. The molecular weight excluding hydrogens is 494 g/mol. The molecule has 1 aliphatic heterocycles. The van der Waals surface area contributed by atoms with Crippen LogP contribution in [0.15, 0.2) is 60.2 Å². The van der Waals surface area contributed by atoms with Gasteiger partial charge in [-0.25, -0.2) is 9.59 Å². The van der Waals surface area contributed by atoms with Crippen LogP contribution >= 0.6 is 12.2 Å². The lowest BCUT2D eigenvalue weighted by Crippen LogP contribution is -2.54. The second-order valence-corrected chi connectivity index (χ2v) is 8.63. The van der Waals surface area contributed by atoms with Crippen LogP contribution in [0.25, 0.3) is 11.8 Å². The number of benzene rings is 2. The molecule has 2 amide bonds. The molecule has 37 heavy (non-hydrogen) atoms. The molecule has 2 N–H and O–H groups in total. The molecule has 1 saturated heterocycles. The number of carbonyl (C=O) groups excluding carboxylic acids is 3. The van der Waals surface area contributed by atoms with Crippen molar-refractivity contribution in [3.05, 3.63) is 88.2 Å². The van der Waals surface area contributed by atoms with E-state index in [0.717, 1.165) is 22.0 Å². The zero-order valence-corrected chi connectivity index (χ0v) is 21.1. The first-order chi connectivity index (χ1) is 17.6. The summed E-state index contributed by atoms with van der Waals surface area (Å²) in [5.41, 5.74) is 3.79. The standard InChI is InChI=1S/C27H23N3O6S/c1-4-36-26(35)18-7-11-20(12-8-18)29-15(2)13-19(16(29)3)14-22-23(31)28-27(37)30(24(22)32)21-9-5-17(6-10-21)25(33)34/h5-14H,4H2,1-3H3,(H,33,34)(H,28,31,37)/b22-14+. The second-order valence-electron chi connectivity index (χ2n) is 8.24. The molecule has 0 saturated carbocycles. The smallest absolute Gasteiger partial charge is 0.338 e. The van der Waals surface area contributed by atoms with E-state index in [4.69, 9.17) is 22.1 Å². The highest BCUT2D eigenvalue weighted by Gasteiger charge is 2.34. The Morgan fingerprint density at radius 2 is 1.59 bits per heavy atom. The Hall–Kier alpha value is -4.57. The Balaban J connectivity index is 1.68. The third-order valence-corrected chi connectivity index (χ3v) is 6.17. The number of amides is 2. The maximum absolute atomic E-state index is 13.3. The Morgan fingerprint density at radius 1 is 1.00 bits per heavy atom. The molecule has 188 valence electrons. The summed E-state index contributed by atoms with van der Waals surface area (Å²) in [6, 6.07) is 14.4. The summed E-state index contributed by atoms with van der Waals surface area (Å²) >= 11 is 5.22. The Kier molecular flexibility index (Phi) is 7.03. The zero-order chi connectivity index (χ0) is 26.9. The summed E-state index contributed by atoms with van der Waals surface area (Å²) in [6.07, 6.45) is 1.50. The van der Waals surface area contributed by atoms with Crippen LogP contribution in [0.4, 0.5) is 5.69 Å². The number of aromatic nitrogens is 1. The number of nitrogens with one attached hydrogen (secondary N) is 1. The fourth-order valence-corrected chi connectivity index (χ4v) is 4.37. The number of anilines is 1. The van der Waals surface area contributed by atoms with Gasteiger partial charge in [0, 0.05) is 17.1 Å². The lowest BCUT2D eigenvalue weighted by atomic mass is 10.1. The predicted molar refractivity (Wildman–Crippen MR) is 141 cm³/mol. The van der Waals surface area contributed by atoms with Crippen molar-refractivity contribution in [1.29, 1.82) is 0 Å². The van der Waals surface area contributed by atoms with E-state index in [1.807, 2.05) is 24.5 Å². The lowest BCUT2D eigenvalue weighted by Gasteiger charge is -2.29. The maximum atomic E-state index is 13.3. The number of carbonyl (C=O) groups is 4. The summed E-state index contributed by atoms with van der Waals surface area (Å²) < 4.78 is 6.98. The normalized spacial score (nSPS) is 14.6. The molecule has 0 atom stereocenters. The average molecular weight is 518 g/mol. The van der Waals surface area contributed by atoms with Crippen molar-refractivity contribution in [2.45, 2.75) is 20.8 Å². The zero-order valence-electron chi connectivity index (χ0n) is 20.3. The monoisotopic (exact) mass is 517 g/mol. The van der Waals surface area contributed by atoms with Crippen LogP contribution in [-0.2, 0) is 14.3 Å². The highest BCUT2D eigenvalue weighted by atomic mass is 32.1. The second kappa shape index (κ2) is 10.2. The quantitative estimate of drug-likeness (QED) is 0.221. The minimum Gasteiger partial charge on any atom is -0.478 e. The number of ether oxygens (including phenoxy) is 1. The van der Waals surface area contributed by atoms with Crippen LogP contribution in [0.5, 0.6) is 0 Å². The summed E-state index contributed by atoms with van der Waals surface area (Å²) in [6.45, 7) is 5.78. The summed E-state index contributed by atoms with van der Waals surface area (Å²) in [5, 5.41) is 11.6. The number of aryl methyl sites for hydroxylation is 1. The molecule has 0 aliphatic carbocycles. The molecule has 0 bridgehead atoms. The number of nitrogens with zero attached hydrogens (tertiary/aromatic N) is 2. The molecule has 10 heteroatoms. The van der Waals surface area contributed by atoms with Crippen molar-refractivity contribution in [2.75, 3.05) is 11.5 Å². The van der Waals surface area contributed by atoms with E-state index in [0.29, 0.717) is 16.8 Å². The first-order valence-corrected chi connectivity index (χ1v) is 11.7. The molecule has 1 aromatic heterocycles. The largest absolute Gasteiger partial charge is 0.478 e. The van der Waals surface area contributed by atoms with Crippen molar-refractivity contribution in [1.82, 2.24) is 9.88 Å². The fourth-order valence-electron chi connectivity index (χ4n) is 4.09. The van der Waals surface area contributed by atoms with Crippen molar-refractivity contribution in [3.8, 4) is 5.69 Å². The number of rotatable bonds is 6. The highest BCUT2D eigenvalue weighted by Crippen LogP contribution is 2.26. The molecule has 2 aromatic carbocycles. The Labute approximate surface area is 218 Å². The topological polar surface area (TPSA) is 118 Å². The number of hydrogen-bond acceptors (Lipinski definition) is 6. The van der Waals surface area contributed by atoms with Crippen LogP contribution in [0.3, 0.4) is 0 Å². The van der Waals surface area contributed by atoms with Gasteiger partial charge in [0.2, 0.25) is 0 Å². The van der Waals surface area contributed by atoms with E-state index in [2.05, 4.69) is 5.32 Å². The maximum Gasteiger partial charge on any atom is 0.338 e. The van der Waals surface area contributed by atoms with Crippen LogP contribution in [-0.4, -0.2) is 45.1 Å². The molecule has 0 spiro atoms. The van der Waals surface area contributed by atoms with Gasteiger partial charge in [0.05, 0.1) is 23.4 Å². The molecule has 3 aromatic rings. The lowest BCUT2D eigenvalue weighted by molar-refractivity contribution is -0.122. The number of thiocarbonyl (C=S) groups is 1. The first kappa shape index (κ1) is 25.5. The number of esters is 1. The van der Waals surface area contributed by atoms with Crippen LogP contribution in [0.2, 0.25) is 0 Å². The molecule has 4 rings (SSSR count). The molecule has 2 heterocycles. The Morgan fingerprint density at radius 3 is 2.19 bits per heavy atom. The SMILES string of the molecule is CCOC(=O)c1ccc(-n2c(C)cc(/C=C3\C(=O)NC(=S)N(c4ccc(C(=O)O)cc4)C3=O)c2C)cc1. The van der Waals surface area contributed by atoms with Gasteiger partial charge in [0.25, 0.3) is 11.8 Å². The van der Waals surface area contributed by atoms with Crippen molar-refractivity contribution in [2.24, 2.45) is 0 Å². The number of aromatic carboxylic acids is 1. The fraction of sp³-hybridized carbons (Fsp3) is 0.148. The molecule has 0 unspecified atom stereocenters. The minimum atomic E-state index is -1.10. The molecule has 1 aliphatic rings. The third kappa shape index (κ3) is 4.91. The average Bonchev–Trinajstić information content (AvgIpc) is 3.14. The van der Waals surface area contributed by atoms with Crippen molar-refractivity contribution >= 4 is 52.8 Å². The van der Waals surface area contributed by atoms with Crippen LogP contribution in [0, 0.1) is 13.8 Å². The van der Waals surface area contributed by atoms with E-state index in [1.165, 1.54) is 30.3 Å². The summed E-state index contributed by atoms with van der Waals surface area (Å²) in [5.74, 6) is -2.75. The van der Waals surface area contributed by atoms with Gasteiger partial charge in [-0.15, -0.1) is 0 Å². The van der Waals surface area contributed by atoms with Gasteiger partial charge in [-0.1, -0.05) is 0 Å². The third-order valence-electron chi connectivity index (χ3n) is 5.88. The van der Waals surface area contributed by atoms with Gasteiger partial charge < -0.3 is 14.4 Å².